The second kappa shape index (κ2) is 13.5. The van der Waals surface area contributed by atoms with Gasteiger partial charge in [-0.1, -0.05) is 146 Å². The lowest BCUT2D eigenvalue weighted by Gasteiger charge is -2.35. The molecule has 0 bridgehead atoms. The average Bonchev–Trinajstić information content (AvgIpc) is 2.80. The van der Waals surface area contributed by atoms with Crippen LogP contribution in [0.4, 0.5) is 11.4 Å². The largest absolute Gasteiger partial charge is 0.256 e. The molecule has 0 heterocycles. The molecule has 0 aliphatic rings. The molecule has 2 nitrogen and oxygen atoms in total. The van der Waals surface area contributed by atoms with E-state index in [1.807, 2.05) is 0 Å². The van der Waals surface area contributed by atoms with Gasteiger partial charge in [-0.2, -0.15) is 0 Å². The maximum absolute atomic E-state index is 5.98. The Kier molecular flexibility index (Phi) is 11.6. The second-order valence-corrected chi connectivity index (χ2v) is 15.7. The van der Waals surface area contributed by atoms with Gasteiger partial charge in [0.25, 0.3) is 0 Å². The van der Waals surface area contributed by atoms with Gasteiger partial charge in [-0.15, -0.1) is 12.6 Å². The van der Waals surface area contributed by atoms with E-state index >= 15 is 0 Å². The van der Waals surface area contributed by atoms with Crippen molar-refractivity contribution in [3.05, 3.63) is 58.7 Å². The number of thiocarbonyl (C=S) groups is 1. The van der Waals surface area contributed by atoms with E-state index in [4.69, 9.17) is 34.8 Å². The van der Waals surface area contributed by atoms with Crippen LogP contribution in [0.25, 0.3) is 0 Å². The zero-order valence-electron chi connectivity index (χ0n) is 27.6. The molecule has 0 spiro atoms. The van der Waals surface area contributed by atoms with Gasteiger partial charge in [-0.25, -0.2) is 0 Å². The van der Waals surface area contributed by atoms with E-state index in [1.54, 1.807) is 0 Å². The average molecular weight is 579 g/mol. The fourth-order valence-electron chi connectivity index (χ4n) is 5.22. The van der Waals surface area contributed by atoms with Gasteiger partial charge in [0.1, 0.15) is 0 Å². The highest BCUT2D eigenvalue weighted by Gasteiger charge is 2.38. The van der Waals surface area contributed by atoms with E-state index in [9.17, 15) is 0 Å². The Bertz CT molecular complexity index is 1100. The Balaban J connectivity index is 3.09. The zero-order chi connectivity index (χ0) is 30.7. The molecule has 0 saturated carbocycles. The highest BCUT2D eigenvalue weighted by atomic mass is 32.1. The molecule has 0 aliphatic carbocycles. The molecule has 0 amide bonds. The molecule has 0 radical (unpaired) electrons. The highest BCUT2D eigenvalue weighted by Crippen LogP contribution is 2.41. The summed E-state index contributed by atoms with van der Waals surface area (Å²) in [6.07, 6.45) is 0. The first-order chi connectivity index (χ1) is 18.3. The first-order valence-electron chi connectivity index (χ1n) is 14.9. The monoisotopic (exact) mass is 578 g/mol. The summed E-state index contributed by atoms with van der Waals surface area (Å²) in [5.41, 5.74) is 8.71. The molecule has 0 aromatic heterocycles. The molecule has 2 rings (SSSR count). The van der Waals surface area contributed by atoms with E-state index < -0.39 is 0 Å². The first kappa shape index (κ1) is 34.4. The van der Waals surface area contributed by atoms with Gasteiger partial charge in [0.2, 0.25) is 0 Å². The van der Waals surface area contributed by atoms with Crippen LogP contribution < -0.4 is 0 Å². The van der Waals surface area contributed by atoms with Crippen molar-refractivity contribution < 1.29 is 0 Å². The molecule has 2 aromatic rings. The number of hydrogen-bond acceptors (Lipinski definition) is 3. The number of hydrogen-bond donors (Lipinski definition) is 1. The van der Waals surface area contributed by atoms with Crippen molar-refractivity contribution in [3.8, 4) is 0 Å². The predicted octanol–water partition coefficient (Wildman–Crippen LogP) is 12.0. The van der Waals surface area contributed by atoms with E-state index in [-0.39, 0.29) is 16.7 Å². The fourth-order valence-corrected chi connectivity index (χ4v) is 5.68. The van der Waals surface area contributed by atoms with Crippen LogP contribution in [0.3, 0.4) is 0 Å². The van der Waals surface area contributed by atoms with Crippen LogP contribution >= 0.6 is 24.8 Å². The van der Waals surface area contributed by atoms with Gasteiger partial charge in [-0.3, -0.25) is 9.98 Å². The van der Waals surface area contributed by atoms with E-state index in [1.165, 1.54) is 22.3 Å². The maximum atomic E-state index is 5.98. The molecule has 0 N–H and O–H groups in total. The molecule has 0 saturated heterocycles. The minimum atomic E-state index is -0.293. The van der Waals surface area contributed by atoms with Gasteiger partial charge >= 0.3 is 0 Å². The molecule has 0 fully saturated rings. The summed E-state index contributed by atoms with van der Waals surface area (Å²) < 4.78 is 0.614. The van der Waals surface area contributed by atoms with Crippen LogP contribution in [0, 0.1) is 16.7 Å². The van der Waals surface area contributed by atoms with Crippen molar-refractivity contribution in [3.63, 3.8) is 0 Å². The van der Waals surface area contributed by atoms with Gasteiger partial charge in [0.05, 0.1) is 21.5 Å². The molecular formula is C36H54N2S2. The third-order valence-corrected chi connectivity index (χ3v) is 7.97. The highest BCUT2D eigenvalue weighted by molar-refractivity contribution is 8.11. The molecule has 0 atom stereocenters. The van der Waals surface area contributed by atoms with Crippen molar-refractivity contribution >= 4 is 51.8 Å². The van der Waals surface area contributed by atoms with Gasteiger partial charge in [0, 0.05) is 22.3 Å². The van der Waals surface area contributed by atoms with Gasteiger partial charge < -0.3 is 0 Å². The Morgan fingerprint density at radius 3 is 1.00 bits per heavy atom. The Morgan fingerprint density at radius 2 is 0.825 bits per heavy atom. The molecule has 0 unspecified atom stereocenters. The van der Waals surface area contributed by atoms with Crippen LogP contribution in [0.15, 0.2) is 46.4 Å². The summed E-state index contributed by atoms with van der Waals surface area (Å²) in [5, 5.41) is 0. The molecule has 4 heteroatoms. The molecule has 0 aliphatic heterocycles. The smallest absolute Gasteiger partial charge is 0.0778 e. The number of para-hydroxylation sites is 2. The van der Waals surface area contributed by atoms with E-state index in [0.717, 1.165) is 22.8 Å². The Hall–Kier alpha value is -1.78. The van der Waals surface area contributed by atoms with Gasteiger partial charge in [0.15, 0.2) is 0 Å². The minimum absolute atomic E-state index is 0.264. The summed E-state index contributed by atoms with van der Waals surface area (Å²) in [6.45, 7) is 31.4. The van der Waals surface area contributed by atoms with Crippen LogP contribution in [-0.2, 0) is 0 Å². The maximum Gasteiger partial charge on any atom is 0.0778 e. The lowest BCUT2D eigenvalue weighted by molar-refractivity contribution is 0.553. The van der Waals surface area contributed by atoms with E-state index in [2.05, 4.69) is 133 Å². The standard InChI is InChI=1S/C36H54N2S2/c1-21(2)25-17-15-18-26(22(3)4)30(25)37-32(35(9,10)11)29(34(39)40)33(36(12,13)14)38-31-27(23(5)6)19-16-20-28(31)24(7)8/h15-24,29H,1-14H3,(H,39,40). The number of rotatable bonds is 9. The minimum Gasteiger partial charge on any atom is -0.256 e. The lowest BCUT2D eigenvalue weighted by atomic mass is 9.73. The van der Waals surface area contributed by atoms with Crippen molar-refractivity contribution in [2.24, 2.45) is 26.7 Å². The van der Waals surface area contributed by atoms with Crippen LogP contribution in [0.1, 0.15) is 143 Å². The van der Waals surface area contributed by atoms with E-state index in [0.29, 0.717) is 27.9 Å². The Morgan fingerprint density at radius 1 is 0.575 bits per heavy atom. The normalized spacial score (nSPS) is 14.6. The summed E-state index contributed by atoms with van der Waals surface area (Å²) in [5.74, 6) is 1.10. The predicted molar refractivity (Wildman–Crippen MR) is 187 cm³/mol. The zero-order valence-corrected chi connectivity index (χ0v) is 29.3. The molecule has 40 heavy (non-hydrogen) atoms. The van der Waals surface area contributed by atoms with Crippen LogP contribution in [0.2, 0.25) is 0 Å². The summed E-state index contributed by atoms with van der Waals surface area (Å²) in [6, 6.07) is 13.2. The SMILES string of the molecule is CC(C)c1cccc(C(C)C)c1N=C(C(C(=S)S)C(=Nc1c(C(C)C)cccc1C(C)C)C(C)(C)C)C(C)(C)C. The van der Waals surface area contributed by atoms with Gasteiger partial charge in [-0.05, 0) is 45.9 Å². The third-order valence-electron chi connectivity index (χ3n) is 7.48. The molecular weight excluding hydrogens is 525 g/mol. The number of nitrogens with zero attached hydrogens (tertiary/aromatic N) is 2. The summed E-state index contributed by atoms with van der Waals surface area (Å²) in [4.78, 5) is 11.2. The molecule has 2 aromatic carbocycles. The second-order valence-electron chi connectivity index (χ2n) is 14.5. The summed E-state index contributed by atoms with van der Waals surface area (Å²) >= 11 is 10.9. The first-order valence-corrected chi connectivity index (χ1v) is 15.8. The fraction of sp³-hybridized carbons (Fsp3) is 0.583. The third kappa shape index (κ3) is 8.16. The van der Waals surface area contributed by atoms with Crippen LogP contribution in [0.5, 0.6) is 0 Å². The lowest BCUT2D eigenvalue weighted by Crippen LogP contribution is -2.42. The number of aliphatic imine (C=N–C) groups is 2. The van der Waals surface area contributed by atoms with Crippen molar-refractivity contribution in [1.82, 2.24) is 0 Å². The number of thiol groups is 1. The van der Waals surface area contributed by atoms with Crippen molar-refractivity contribution in [1.29, 1.82) is 0 Å². The summed E-state index contributed by atoms with van der Waals surface area (Å²) in [7, 11) is 0. The Labute approximate surface area is 257 Å². The topological polar surface area (TPSA) is 24.7 Å². The van der Waals surface area contributed by atoms with Crippen molar-refractivity contribution in [2.45, 2.75) is 121 Å². The number of benzene rings is 2. The van der Waals surface area contributed by atoms with Crippen molar-refractivity contribution in [2.75, 3.05) is 0 Å². The quantitative estimate of drug-likeness (QED) is 0.179. The van der Waals surface area contributed by atoms with Crippen LogP contribution in [-0.4, -0.2) is 15.6 Å². The molecule has 220 valence electrons.